The number of rotatable bonds is 6. The number of nitrogens with one attached hydrogen (secondary N) is 1. The molecule has 2 aromatic carbocycles. The Kier molecular flexibility index (Phi) is 6.91. The second kappa shape index (κ2) is 9.40. The molecule has 2 aromatic rings. The molecule has 6 nitrogen and oxygen atoms in total. The van der Waals surface area contributed by atoms with Gasteiger partial charge in [0.25, 0.3) is 0 Å². The van der Waals surface area contributed by atoms with Gasteiger partial charge in [-0.2, -0.15) is 9.57 Å². The van der Waals surface area contributed by atoms with Crippen molar-refractivity contribution in [3.05, 3.63) is 58.6 Å². The quantitative estimate of drug-likeness (QED) is 0.749. The van der Waals surface area contributed by atoms with Crippen LogP contribution >= 0.6 is 11.6 Å². The molecule has 1 N–H and O–H groups in total. The summed E-state index contributed by atoms with van der Waals surface area (Å²) < 4.78 is 26.9. The fraction of sp³-hybridized carbons (Fsp3) is 0.333. The van der Waals surface area contributed by atoms with Crippen molar-refractivity contribution in [3.8, 4) is 6.07 Å². The van der Waals surface area contributed by atoms with Crippen molar-refractivity contribution >= 4 is 33.2 Å². The number of sulfonamides is 1. The third-order valence-corrected chi connectivity index (χ3v) is 7.12. The van der Waals surface area contributed by atoms with Crippen LogP contribution in [0.5, 0.6) is 0 Å². The number of hydrogen-bond acceptors (Lipinski definition) is 4. The first-order valence-corrected chi connectivity index (χ1v) is 11.3. The summed E-state index contributed by atoms with van der Waals surface area (Å²) in [5, 5.41) is 11.9. The van der Waals surface area contributed by atoms with Crippen LogP contribution in [0.2, 0.25) is 5.02 Å². The monoisotopic (exact) mass is 431 g/mol. The highest BCUT2D eigenvalue weighted by Crippen LogP contribution is 2.22. The minimum Gasteiger partial charge on any atom is -0.326 e. The highest BCUT2D eigenvalue weighted by molar-refractivity contribution is 7.89. The number of nitriles is 1. The van der Waals surface area contributed by atoms with Crippen LogP contribution in [0.3, 0.4) is 0 Å². The number of carbonyl (C=O) groups is 1. The van der Waals surface area contributed by atoms with Gasteiger partial charge < -0.3 is 5.32 Å². The van der Waals surface area contributed by atoms with Gasteiger partial charge in [-0.15, -0.1) is 0 Å². The number of benzene rings is 2. The summed E-state index contributed by atoms with van der Waals surface area (Å²) in [6.45, 7) is 1.15. The molecule has 0 bridgehead atoms. The fourth-order valence-corrected chi connectivity index (χ4v) is 4.99. The number of anilines is 1. The second-order valence-electron chi connectivity index (χ2n) is 6.96. The van der Waals surface area contributed by atoms with Crippen LogP contribution in [0.1, 0.15) is 36.8 Å². The average Bonchev–Trinajstić information content (AvgIpc) is 2.73. The lowest BCUT2D eigenvalue weighted by Crippen LogP contribution is -2.35. The van der Waals surface area contributed by atoms with Gasteiger partial charge in [0.1, 0.15) is 6.07 Å². The predicted octanol–water partition coefficient (Wildman–Crippen LogP) is 3.96. The van der Waals surface area contributed by atoms with Crippen molar-refractivity contribution in [2.24, 2.45) is 0 Å². The molecule has 0 aliphatic carbocycles. The Bertz CT molecular complexity index is 1020. The first-order valence-electron chi connectivity index (χ1n) is 9.49. The summed E-state index contributed by atoms with van der Waals surface area (Å²) in [6.07, 6.45) is 3.60. The molecular formula is C21H22ClN3O3S. The number of piperidine rings is 1. The molecule has 0 spiro atoms. The summed E-state index contributed by atoms with van der Waals surface area (Å²) in [4.78, 5) is 12.5. The van der Waals surface area contributed by atoms with E-state index in [2.05, 4.69) is 5.32 Å². The van der Waals surface area contributed by atoms with Crippen molar-refractivity contribution in [2.75, 3.05) is 18.4 Å². The molecule has 0 saturated carbocycles. The lowest BCUT2D eigenvalue weighted by Gasteiger charge is -2.25. The molecule has 29 heavy (non-hydrogen) atoms. The molecule has 1 amide bonds. The zero-order valence-electron chi connectivity index (χ0n) is 15.9. The Morgan fingerprint density at radius 1 is 1.10 bits per heavy atom. The molecule has 152 valence electrons. The number of aryl methyl sites for hydroxylation is 1. The number of amides is 1. The molecule has 3 rings (SSSR count). The number of halogens is 1. The average molecular weight is 432 g/mol. The van der Waals surface area contributed by atoms with Crippen LogP contribution in [-0.4, -0.2) is 31.7 Å². The molecule has 1 aliphatic heterocycles. The SMILES string of the molecule is N#Cc1ccc(NC(=O)CCc2ccc(S(=O)(=O)N3CCCCC3)cc2)cc1Cl. The highest BCUT2D eigenvalue weighted by atomic mass is 35.5. The van der Waals surface area contributed by atoms with Crippen molar-refractivity contribution in [1.82, 2.24) is 4.31 Å². The standard InChI is InChI=1S/C21H22ClN3O3S/c22-20-14-18(8-7-17(20)15-23)24-21(26)11-6-16-4-9-19(10-5-16)29(27,28)25-12-2-1-3-13-25/h4-5,7-10,14H,1-3,6,11-13H2,(H,24,26). The van der Waals surface area contributed by atoms with E-state index >= 15 is 0 Å². The van der Waals surface area contributed by atoms with E-state index in [1.54, 1.807) is 40.7 Å². The van der Waals surface area contributed by atoms with E-state index in [0.717, 1.165) is 24.8 Å². The van der Waals surface area contributed by atoms with E-state index < -0.39 is 10.0 Å². The van der Waals surface area contributed by atoms with Crippen molar-refractivity contribution in [3.63, 3.8) is 0 Å². The molecular weight excluding hydrogens is 410 g/mol. The van der Waals surface area contributed by atoms with Crippen molar-refractivity contribution in [2.45, 2.75) is 37.0 Å². The largest absolute Gasteiger partial charge is 0.326 e. The maximum Gasteiger partial charge on any atom is 0.243 e. The van der Waals surface area contributed by atoms with E-state index in [1.807, 2.05) is 6.07 Å². The van der Waals surface area contributed by atoms with Gasteiger partial charge in [0.15, 0.2) is 0 Å². The number of carbonyl (C=O) groups excluding carboxylic acids is 1. The first kappa shape index (κ1) is 21.3. The Morgan fingerprint density at radius 3 is 2.41 bits per heavy atom. The predicted molar refractivity (Wildman–Crippen MR) is 112 cm³/mol. The van der Waals surface area contributed by atoms with Crippen LogP contribution in [0.15, 0.2) is 47.4 Å². The lowest BCUT2D eigenvalue weighted by molar-refractivity contribution is -0.116. The molecule has 8 heteroatoms. The molecule has 0 radical (unpaired) electrons. The molecule has 0 aromatic heterocycles. The number of hydrogen-bond donors (Lipinski definition) is 1. The summed E-state index contributed by atoms with van der Waals surface area (Å²) in [5.74, 6) is -0.184. The Morgan fingerprint density at radius 2 is 1.79 bits per heavy atom. The van der Waals surface area contributed by atoms with Gasteiger partial charge in [0, 0.05) is 25.2 Å². The topological polar surface area (TPSA) is 90.3 Å². The highest BCUT2D eigenvalue weighted by Gasteiger charge is 2.25. The smallest absolute Gasteiger partial charge is 0.243 e. The molecule has 1 aliphatic rings. The lowest BCUT2D eigenvalue weighted by atomic mass is 10.1. The van der Waals surface area contributed by atoms with Crippen molar-refractivity contribution < 1.29 is 13.2 Å². The van der Waals surface area contributed by atoms with Crippen molar-refractivity contribution in [1.29, 1.82) is 5.26 Å². The molecule has 1 fully saturated rings. The van der Waals surface area contributed by atoms with Crippen LogP contribution in [0.25, 0.3) is 0 Å². The van der Waals surface area contributed by atoms with E-state index in [4.69, 9.17) is 16.9 Å². The van der Waals surface area contributed by atoms with Gasteiger partial charge in [-0.25, -0.2) is 8.42 Å². The Hall–Kier alpha value is -2.40. The summed E-state index contributed by atoms with van der Waals surface area (Å²) in [7, 11) is -3.44. The van der Waals surface area contributed by atoms with Gasteiger partial charge in [0.05, 0.1) is 15.5 Å². The minimum absolute atomic E-state index is 0.184. The van der Waals surface area contributed by atoms with E-state index in [1.165, 1.54) is 6.07 Å². The molecule has 0 unspecified atom stereocenters. The maximum absolute atomic E-state index is 12.7. The normalized spacial score (nSPS) is 14.9. The van der Waals surface area contributed by atoms with Crippen LogP contribution in [0, 0.1) is 11.3 Å². The zero-order valence-corrected chi connectivity index (χ0v) is 17.5. The minimum atomic E-state index is -3.44. The van der Waals surface area contributed by atoms with Gasteiger partial charge in [-0.3, -0.25) is 4.79 Å². The second-order valence-corrected chi connectivity index (χ2v) is 9.31. The summed E-state index contributed by atoms with van der Waals surface area (Å²) in [5.41, 5.74) is 1.77. The van der Waals surface area contributed by atoms with Crippen LogP contribution < -0.4 is 5.32 Å². The van der Waals surface area contributed by atoms with E-state index in [0.29, 0.717) is 35.7 Å². The zero-order chi connectivity index (χ0) is 20.9. The third kappa shape index (κ3) is 5.36. The molecule has 1 saturated heterocycles. The van der Waals surface area contributed by atoms with E-state index in [9.17, 15) is 13.2 Å². The maximum atomic E-state index is 12.7. The fourth-order valence-electron chi connectivity index (χ4n) is 3.25. The van der Waals surface area contributed by atoms with Crippen LogP contribution in [-0.2, 0) is 21.2 Å². The van der Waals surface area contributed by atoms with Gasteiger partial charge >= 0.3 is 0 Å². The van der Waals surface area contributed by atoms with Gasteiger partial charge in [0.2, 0.25) is 15.9 Å². The Labute approximate surface area is 176 Å². The molecule has 1 heterocycles. The Balaban J connectivity index is 1.56. The third-order valence-electron chi connectivity index (χ3n) is 4.89. The van der Waals surface area contributed by atoms with E-state index in [-0.39, 0.29) is 17.4 Å². The summed E-state index contributed by atoms with van der Waals surface area (Å²) in [6, 6.07) is 13.4. The summed E-state index contributed by atoms with van der Waals surface area (Å²) >= 11 is 5.97. The first-order chi connectivity index (χ1) is 13.9. The van der Waals surface area contributed by atoms with Crippen LogP contribution in [0.4, 0.5) is 5.69 Å². The van der Waals surface area contributed by atoms with Gasteiger partial charge in [-0.05, 0) is 55.2 Å². The molecule has 0 atom stereocenters. The van der Waals surface area contributed by atoms with Gasteiger partial charge in [-0.1, -0.05) is 30.2 Å². The number of nitrogens with zero attached hydrogens (tertiary/aromatic N) is 2.